The molecule has 94 valence electrons. The van der Waals surface area contributed by atoms with Gasteiger partial charge >= 0.3 is 5.97 Å². The number of rotatable bonds is 2. The molecule has 18 heavy (non-hydrogen) atoms. The summed E-state index contributed by atoms with van der Waals surface area (Å²) in [5, 5.41) is 0. The van der Waals surface area contributed by atoms with E-state index in [0.29, 0.717) is 5.56 Å². The van der Waals surface area contributed by atoms with E-state index in [-0.39, 0.29) is 9.81 Å². The highest BCUT2D eigenvalue weighted by Crippen LogP contribution is 2.32. The lowest BCUT2D eigenvalue weighted by molar-refractivity contribution is -0.135. The Morgan fingerprint density at radius 1 is 1.11 bits per heavy atom. The summed E-state index contributed by atoms with van der Waals surface area (Å²) in [7, 11) is -2.60. The fourth-order valence-electron chi connectivity index (χ4n) is 1.70. The first-order valence-corrected chi connectivity index (χ1v) is 6.77. The fourth-order valence-corrected chi connectivity index (χ4v) is 3.18. The second-order valence-electron chi connectivity index (χ2n) is 3.92. The van der Waals surface area contributed by atoms with Gasteiger partial charge in [0.05, 0.1) is 12.0 Å². The second-order valence-corrected chi connectivity index (χ2v) is 5.81. The van der Waals surface area contributed by atoms with Gasteiger partial charge in [-0.3, -0.25) is 0 Å². The van der Waals surface area contributed by atoms with E-state index in [0.717, 1.165) is 12.7 Å². The van der Waals surface area contributed by atoms with Crippen LogP contribution in [0.15, 0.2) is 41.3 Å². The molecule has 0 N–H and O–H groups in total. The molecule has 4 nitrogen and oxygen atoms in total. The van der Waals surface area contributed by atoms with Gasteiger partial charge in [0.25, 0.3) is 0 Å². The molecule has 1 heterocycles. The third-order valence-electron chi connectivity index (χ3n) is 2.69. The van der Waals surface area contributed by atoms with Gasteiger partial charge in [-0.1, -0.05) is 29.8 Å². The van der Waals surface area contributed by atoms with Crippen LogP contribution in [0.1, 0.15) is 11.1 Å². The van der Waals surface area contributed by atoms with Crippen LogP contribution >= 0.6 is 0 Å². The summed E-state index contributed by atoms with van der Waals surface area (Å²) in [4.78, 5) is 11.2. The molecule has 1 aromatic carbocycles. The largest absolute Gasteiger partial charge is 0.465 e. The Hall–Kier alpha value is -1.88. The molecule has 0 amide bonds. The second kappa shape index (κ2) is 4.42. The number of benzene rings is 1. The SMILES string of the molecule is COC(=O)C1=CC=C(c2ccc(C)cc2)S1(=O)=O. The lowest BCUT2D eigenvalue weighted by Crippen LogP contribution is -2.13. The first-order valence-electron chi connectivity index (χ1n) is 5.29. The van der Waals surface area contributed by atoms with Gasteiger partial charge in [0.15, 0.2) is 4.91 Å². The van der Waals surface area contributed by atoms with Crippen molar-refractivity contribution in [2.24, 2.45) is 0 Å². The minimum atomic E-state index is -3.76. The Labute approximate surface area is 106 Å². The fraction of sp³-hybridized carbons (Fsp3) is 0.154. The maximum absolute atomic E-state index is 12.1. The molecule has 0 atom stereocenters. The topological polar surface area (TPSA) is 60.4 Å². The number of hydrogen-bond donors (Lipinski definition) is 0. The number of carbonyl (C=O) groups excluding carboxylic acids is 1. The van der Waals surface area contributed by atoms with Crippen molar-refractivity contribution in [2.45, 2.75) is 6.92 Å². The molecule has 0 bridgehead atoms. The molecule has 0 aliphatic carbocycles. The first-order chi connectivity index (χ1) is 8.46. The van der Waals surface area contributed by atoms with Gasteiger partial charge in [-0.15, -0.1) is 0 Å². The van der Waals surface area contributed by atoms with Crippen molar-refractivity contribution in [3.63, 3.8) is 0 Å². The van der Waals surface area contributed by atoms with Crippen LogP contribution in [-0.4, -0.2) is 21.5 Å². The van der Waals surface area contributed by atoms with Crippen molar-refractivity contribution in [3.05, 3.63) is 52.4 Å². The minimum Gasteiger partial charge on any atom is -0.465 e. The van der Waals surface area contributed by atoms with Crippen LogP contribution in [0.3, 0.4) is 0 Å². The number of sulfone groups is 1. The van der Waals surface area contributed by atoms with Crippen LogP contribution in [0.2, 0.25) is 0 Å². The van der Waals surface area contributed by atoms with E-state index < -0.39 is 15.8 Å². The van der Waals surface area contributed by atoms with E-state index in [9.17, 15) is 13.2 Å². The zero-order chi connectivity index (χ0) is 13.3. The molecule has 2 rings (SSSR count). The summed E-state index contributed by atoms with van der Waals surface area (Å²) in [5.41, 5.74) is 1.60. The van der Waals surface area contributed by atoms with E-state index in [1.807, 2.05) is 19.1 Å². The van der Waals surface area contributed by atoms with Gasteiger partial charge in [-0.2, -0.15) is 0 Å². The molecule has 0 aromatic heterocycles. The zero-order valence-electron chi connectivity index (χ0n) is 10.0. The summed E-state index contributed by atoms with van der Waals surface area (Å²) in [6, 6.07) is 7.07. The number of hydrogen-bond acceptors (Lipinski definition) is 4. The Morgan fingerprint density at radius 3 is 2.28 bits per heavy atom. The zero-order valence-corrected chi connectivity index (χ0v) is 10.8. The third kappa shape index (κ3) is 1.97. The summed E-state index contributed by atoms with van der Waals surface area (Å²) < 4.78 is 28.7. The Kier molecular flexibility index (Phi) is 3.09. The van der Waals surface area contributed by atoms with Crippen LogP contribution in [0.5, 0.6) is 0 Å². The van der Waals surface area contributed by atoms with Crippen LogP contribution in [0.4, 0.5) is 0 Å². The van der Waals surface area contributed by atoms with Crippen LogP contribution in [0, 0.1) is 6.92 Å². The van der Waals surface area contributed by atoms with Crippen molar-refractivity contribution in [1.82, 2.24) is 0 Å². The molecule has 1 aromatic rings. The highest BCUT2D eigenvalue weighted by atomic mass is 32.2. The molecular formula is C13H12O4S. The van der Waals surface area contributed by atoms with Crippen LogP contribution < -0.4 is 0 Å². The lowest BCUT2D eigenvalue weighted by Gasteiger charge is -2.06. The molecule has 0 fully saturated rings. The monoisotopic (exact) mass is 264 g/mol. The van der Waals surface area contributed by atoms with Crippen LogP contribution in [-0.2, 0) is 19.4 Å². The van der Waals surface area contributed by atoms with Gasteiger partial charge in [-0.25, -0.2) is 13.2 Å². The molecule has 0 saturated carbocycles. The highest BCUT2D eigenvalue weighted by Gasteiger charge is 2.33. The van der Waals surface area contributed by atoms with Gasteiger partial charge < -0.3 is 4.74 Å². The number of methoxy groups -OCH3 is 1. The van der Waals surface area contributed by atoms with Gasteiger partial charge in [0, 0.05) is 0 Å². The molecule has 1 aliphatic heterocycles. The van der Waals surface area contributed by atoms with Crippen molar-refractivity contribution >= 4 is 20.7 Å². The number of ether oxygens (including phenoxy) is 1. The van der Waals surface area contributed by atoms with Crippen molar-refractivity contribution in [3.8, 4) is 0 Å². The summed E-state index contributed by atoms with van der Waals surface area (Å²) in [5.74, 6) is -0.839. The Morgan fingerprint density at radius 2 is 1.72 bits per heavy atom. The first kappa shape index (κ1) is 12.6. The molecule has 5 heteroatoms. The number of allylic oxidation sites excluding steroid dienone is 2. The van der Waals surface area contributed by atoms with Crippen molar-refractivity contribution in [2.75, 3.05) is 7.11 Å². The summed E-state index contributed by atoms with van der Waals surface area (Å²) in [6.07, 6.45) is 2.70. The molecule has 1 aliphatic rings. The van der Waals surface area contributed by atoms with E-state index >= 15 is 0 Å². The quantitative estimate of drug-likeness (QED) is 0.764. The van der Waals surface area contributed by atoms with E-state index in [1.165, 1.54) is 12.2 Å². The summed E-state index contributed by atoms with van der Waals surface area (Å²) in [6.45, 7) is 1.92. The number of carbonyl (C=O) groups is 1. The van der Waals surface area contributed by atoms with E-state index in [2.05, 4.69) is 4.74 Å². The highest BCUT2D eigenvalue weighted by molar-refractivity contribution is 8.05. The smallest absolute Gasteiger partial charge is 0.349 e. The number of esters is 1. The van der Waals surface area contributed by atoms with Gasteiger partial charge in [-0.05, 0) is 24.6 Å². The van der Waals surface area contributed by atoms with Gasteiger partial charge in [0.2, 0.25) is 9.84 Å². The molecular weight excluding hydrogens is 252 g/mol. The van der Waals surface area contributed by atoms with Gasteiger partial charge in [0.1, 0.15) is 0 Å². The van der Waals surface area contributed by atoms with Crippen LogP contribution in [0.25, 0.3) is 4.91 Å². The third-order valence-corrected chi connectivity index (χ3v) is 4.52. The summed E-state index contributed by atoms with van der Waals surface area (Å²) >= 11 is 0. The van der Waals surface area contributed by atoms with Crippen molar-refractivity contribution in [1.29, 1.82) is 0 Å². The maximum atomic E-state index is 12.1. The average molecular weight is 264 g/mol. The molecule has 0 unspecified atom stereocenters. The standard InChI is InChI=1S/C13H12O4S/c1-9-3-5-10(6-4-9)11-7-8-12(13(14)17-2)18(11,15)16/h3-8H,1-2H3. The molecule has 0 spiro atoms. The Bertz CT molecular complexity index is 649. The Balaban J connectivity index is 2.41. The molecule has 0 radical (unpaired) electrons. The maximum Gasteiger partial charge on any atom is 0.349 e. The lowest BCUT2D eigenvalue weighted by atomic mass is 10.1. The minimum absolute atomic E-state index is 0.128. The normalized spacial score (nSPS) is 17.0. The van der Waals surface area contributed by atoms with Crippen molar-refractivity contribution < 1.29 is 17.9 Å². The predicted octanol–water partition coefficient (Wildman–Crippen LogP) is 1.82. The predicted molar refractivity (Wildman–Crippen MR) is 68.2 cm³/mol. The van der Waals surface area contributed by atoms with E-state index in [1.54, 1.807) is 12.1 Å². The van der Waals surface area contributed by atoms with E-state index in [4.69, 9.17) is 0 Å². The molecule has 0 saturated heterocycles. The number of aryl methyl sites for hydroxylation is 1. The average Bonchev–Trinajstić information content (AvgIpc) is 2.65.